The maximum atomic E-state index is 9.04. The molecule has 0 atom stereocenters. The minimum atomic E-state index is 0.629. The van der Waals surface area contributed by atoms with E-state index in [2.05, 4.69) is 6.19 Å². The number of rotatable bonds is 3. The summed E-state index contributed by atoms with van der Waals surface area (Å²) in [4.78, 5) is 5.88. The molecule has 0 radical (unpaired) electrons. The Morgan fingerprint density at radius 1 is 1.00 bits per heavy atom. The second-order valence-corrected chi connectivity index (χ2v) is 5.19. The Morgan fingerprint density at radius 3 is 2.55 bits per heavy atom. The molecule has 1 saturated heterocycles. The zero-order valence-electron chi connectivity index (χ0n) is 10.8. The number of hydrogen-bond donors (Lipinski definition) is 0. The van der Waals surface area contributed by atoms with E-state index in [-0.39, 0.29) is 0 Å². The van der Waals surface area contributed by atoms with E-state index in [0.717, 1.165) is 16.9 Å². The van der Waals surface area contributed by atoms with E-state index in [1.54, 1.807) is 16.9 Å². The van der Waals surface area contributed by atoms with Crippen LogP contribution in [-0.4, -0.2) is 21.9 Å². The molecule has 2 aromatic rings. The van der Waals surface area contributed by atoms with Crippen molar-refractivity contribution in [1.82, 2.24) is 10.2 Å². The second kappa shape index (κ2) is 5.87. The Hall–Kier alpha value is -2.16. The van der Waals surface area contributed by atoms with Crippen LogP contribution in [0.3, 0.4) is 0 Å². The highest BCUT2D eigenvalue weighted by Crippen LogP contribution is 2.31. The molecule has 1 aliphatic rings. The van der Waals surface area contributed by atoms with Gasteiger partial charge in [0.15, 0.2) is 11.9 Å². The fourth-order valence-corrected chi connectivity index (χ4v) is 2.80. The zero-order chi connectivity index (χ0) is 13.8. The highest BCUT2D eigenvalue weighted by atomic mass is 32.2. The highest BCUT2D eigenvalue weighted by Gasteiger charge is 2.24. The second-order valence-electron chi connectivity index (χ2n) is 4.27. The lowest BCUT2D eigenvalue weighted by molar-refractivity contribution is -0.159. The Kier molecular flexibility index (Phi) is 3.77. The summed E-state index contributed by atoms with van der Waals surface area (Å²) in [6, 6.07) is 17.9. The minimum absolute atomic E-state index is 0.629. The molecule has 4 nitrogen and oxygen atoms in total. The third kappa shape index (κ3) is 2.57. The number of thioether (sulfide) groups is 1. The molecule has 0 saturated carbocycles. The standard InChI is InChI=1S/C15H13N3OS/c16-10-17-11-20-12-18(17)19-15-9-5-4-8-14(15)13-6-2-1-3-7-13/h1-9H,11-12H2. The minimum Gasteiger partial charge on any atom is -0.384 e. The predicted octanol–water partition coefficient (Wildman–Crippen LogP) is 3.31. The first-order valence-electron chi connectivity index (χ1n) is 6.23. The normalized spacial score (nSPS) is 15.1. The molecule has 100 valence electrons. The van der Waals surface area contributed by atoms with Crippen molar-refractivity contribution >= 4 is 11.8 Å². The smallest absolute Gasteiger partial charge is 0.198 e. The number of hydrazine groups is 1. The van der Waals surface area contributed by atoms with Crippen LogP contribution in [0, 0.1) is 11.5 Å². The third-order valence-electron chi connectivity index (χ3n) is 2.98. The Balaban J connectivity index is 1.89. The highest BCUT2D eigenvalue weighted by molar-refractivity contribution is 7.99. The molecular weight excluding hydrogens is 270 g/mol. The lowest BCUT2D eigenvalue weighted by Crippen LogP contribution is -2.35. The molecule has 5 heteroatoms. The molecule has 1 heterocycles. The lowest BCUT2D eigenvalue weighted by Gasteiger charge is -2.22. The topological polar surface area (TPSA) is 39.5 Å². The molecule has 2 aromatic carbocycles. The van der Waals surface area contributed by atoms with Crippen molar-refractivity contribution < 1.29 is 4.84 Å². The van der Waals surface area contributed by atoms with Gasteiger partial charge in [0.2, 0.25) is 0 Å². The largest absolute Gasteiger partial charge is 0.384 e. The molecule has 0 aliphatic carbocycles. The van der Waals surface area contributed by atoms with E-state index in [1.807, 2.05) is 54.6 Å². The Morgan fingerprint density at radius 2 is 1.75 bits per heavy atom. The number of benzene rings is 2. The molecule has 0 unspecified atom stereocenters. The molecule has 0 aromatic heterocycles. The third-order valence-corrected chi connectivity index (χ3v) is 3.81. The van der Waals surface area contributed by atoms with Gasteiger partial charge in [0.05, 0.1) is 5.88 Å². The van der Waals surface area contributed by atoms with Gasteiger partial charge in [0.25, 0.3) is 0 Å². The summed E-state index contributed by atoms with van der Waals surface area (Å²) >= 11 is 1.64. The summed E-state index contributed by atoms with van der Waals surface area (Å²) in [5.74, 6) is 2.03. The number of para-hydroxylation sites is 1. The summed E-state index contributed by atoms with van der Waals surface area (Å²) in [6.07, 6.45) is 2.11. The van der Waals surface area contributed by atoms with Crippen molar-refractivity contribution in [1.29, 1.82) is 5.26 Å². The first kappa shape index (κ1) is 12.9. The van der Waals surface area contributed by atoms with Gasteiger partial charge in [0, 0.05) is 5.56 Å². The number of hydrogen-bond acceptors (Lipinski definition) is 5. The van der Waals surface area contributed by atoms with E-state index in [4.69, 9.17) is 10.1 Å². The van der Waals surface area contributed by atoms with Crippen LogP contribution >= 0.6 is 11.8 Å². The predicted molar refractivity (Wildman–Crippen MR) is 79.1 cm³/mol. The van der Waals surface area contributed by atoms with Crippen LogP contribution in [0.25, 0.3) is 11.1 Å². The maximum absolute atomic E-state index is 9.04. The van der Waals surface area contributed by atoms with Crippen molar-refractivity contribution in [3.05, 3.63) is 54.6 Å². The van der Waals surface area contributed by atoms with Crippen molar-refractivity contribution in [2.45, 2.75) is 0 Å². The lowest BCUT2D eigenvalue weighted by atomic mass is 10.1. The Bertz CT molecular complexity index is 627. The summed E-state index contributed by atoms with van der Waals surface area (Å²) in [5.41, 5.74) is 2.11. The molecule has 1 fully saturated rings. The van der Waals surface area contributed by atoms with Gasteiger partial charge < -0.3 is 4.84 Å². The van der Waals surface area contributed by atoms with Crippen molar-refractivity contribution in [2.75, 3.05) is 11.8 Å². The average molecular weight is 283 g/mol. The molecule has 0 N–H and O–H groups in total. The molecule has 3 rings (SSSR count). The van der Waals surface area contributed by atoms with E-state index in [1.165, 1.54) is 5.01 Å². The van der Waals surface area contributed by atoms with Crippen LogP contribution < -0.4 is 4.84 Å². The number of nitrogens with zero attached hydrogens (tertiary/aromatic N) is 3. The number of nitriles is 1. The fraction of sp³-hybridized carbons (Fsp3) is 0.133. The quantitative estimate of drug-likeness (QED) is 0.808. The van der Waals surface area contributed by atoms with Crippen LogP contribution in [0.4, 0.5) is 0 Å². The van der Waals surface area contributed by atoms with Crippen LogP contribution in [0.5, 0.6) is 5.75 Å². The molecule has 20 heavy (non-hydrogen) atoms. The first-order valence-corrected chi connectivity index (χ1v) is 7.39. The van der Waals surface area contributed by atoms with Crippen molar-refractivity contribution in [3.8, 4) is 23.1 Å². The van der Waals surface area contributed by atoms with E-state index < -0.39 is 0 Å². The number of hydroxylamine groups is 1. The van der Waals surface area contributed by atoms with Gasteiger partial charge in [-0.2, -0.15) is 10.3 Å². The van der Waals surface area contributed by atoms with Gasteiger partial charge in [-0.1, -0.05) is 48.5 Å². The van der Waals surface area contributed by atoms with Gasteiger partial charge in [-0.15, -0.1) is 11.8 Å². The van der Waals surface area contributed by atoms with Gasteiger partial charge in [-0.25, -0.2) is 0 Å². The van der Waals surface area contributed by atoms with Gasteiger partial charge in [-0.05, 0) is 16.8 Å². The van der Waals surface area contributed by atoms with Gasteiger partial charge >= 0.3 is 0 Å². The monoisotopic (exact) mass is 283 g/mol. The molecule has 1 aliphatic heterocycles. The summed E-state index contributed by atoms with van der Waals surface area (Å²) < 4.78 is 0. The first-order chi connectivity index (χ1) is 9.88. The summed E-state index contributed by atoms with van der Waals surface area (Å²) in [7, 11) is 0. The van der Waals surface area contributed by atoms with E-state index in [0.29, 0.717) is 11.8 Å². The Labute approximate surface area is 122 Å². The summed E-state index contributed by atoms with van der Waals surface area (Å²) in [5, 5.41) is 12.1. The molecule has 0 amide bonds. The van der Waals surface area contributed by atoms with Crippen molar-refractivity contribution in [2.24, 2.45) is 0 Å². The average Bonchev–Trinajstić information content (AvgIpc) is 2.96. The zero-order valence-corrected chi connectivity index (χ0v) is 11.6. The van der Waals surface area contributed by atoms with Crippen molar-refractivity contribution in [3.63, 3.8) is 0 Å². The van der Waals surface area contributed by atoms with E-state index >= 15 is 0 Å². The molecule has 0 bridgehead atoms. The SMILES string of the molecule is N#CN1CSCN1Oc1ccccc1-c1ccccc1. The van der Waals surface area contributed by atoms with Crippen LogP contribution in [0.1, 0.15) is 0 Å². The van der Waals surface area contributed by atoms with Crippen LogP contribution in [-0.2, 0) is 0 Å². The van der Waals surface area contributed by atoms with Crippen LogP contribution in [0.2, 0.25) is 0 Å². The van der Waals surface area contributed by atoms with Gasteiger partial charge in [-0.3, -0.25) is 0 Å². The molecular formula is C15H13N3OS. The van der Waals surface area contributed by atoms with E-state index in [9.17, 15) is 0 Å². The summed E-state index contributed by atoms with van der Waals surface area (Å²) in [6.45, 7) is 0. The van der Waals surface area contributed by atoms with Gasteiger partial charge in [0.1, 0.15) is 5.88 Å². The van der Waals surface area contributed by atoms with Crippen LogP contribution in [0.15, 0.2) is 54.6 Å². The molecule has 0 spiro atoms. The fourth-order valence-electron chi connectivity index (χ4n) is 2.01. The maximum Gasteiger partial charge on any atom is 0.198 e.